The second kappa shape index (κ2) is 9.51. The highest BCUT2D eigenvalue weighted by Crippen LogP contribution is 2.30. The minimum absolute atomic E-state index is 0.0326. The summed E-state index contributed by atoms with van der Waals surface area (Å²) in [6, 6.07) is 8.85. The van der Waals surface area contributed by atoms with Gasteiger partial charge in [-0.2, -0.15) is 4.31 Å². The van der Waals surface area contributed by atoms with Crippen molar-refractivity contribution in [3.05, 3.63) is 51.5 Å². The molecular weight excluding hydrogens is 463 g/mol. The lowest BCUT2D eigenvalue weighted by Crippen LogP contribution is -2.40. The Morgan fingerprint density at radius 2 is 1.79 bits per heavy atom. The van der Waals surface area contributed by atoms with Crippen LogP contribution in [0.5, 0.6) is 5.75 Å². The molecule has 1 amide bonds. The number of hydrogen-bond donors (Lipinski definition) is 1. The molecule has 1 heterocycles. The predicted molar refractivity (Wildman–Crippen MR) is 112 cm³/mol. The number of benzene rings is 2. The molecule has 7 nitrogen and oxygen atoms in total. The van der Waals surface area contributed by atoms with Gasteiger partial charge in [-0.25, -0.2) is 8.42 Å². The number of anilines is 1. The van der Waals surface area contributed by atoms with Gasteiger partial charge in [-0.1, -0.05) is 34.8 Å². The summed E-state index contributed by atoms with van der Waals surface area (Å²) in [7, 11) is -3.85. The van der Waals surface area contributed by atoms with Gasteiger partial charge in [0.15, 0.2) is 6.61 Å². The fourth-order valence-electron chi connectivity index (χ4n) is 2.64. The first-order valence-electron chi connectivity index (χ1n) is 8.52. The molecule has 0 spiro atoms. The van der Waals surface area contributed by atoms with E-state index in [-0.39, 0.29) is 28.8 Å². The minimum Gasteiger partial charge on any atom is -0.482 e. The average molecular weight is 480 g/mol. The number of halogens is 3. The first kappa shape index (κ1) is 22.1. The van der Waals surface area contributed by atoms with Gasteiger partial charge in [-0.15, -0.1) is 0 Å². The molecule has 2 aromatic rings. The molecule has 0 atom stereocenters. The summed E-state index contributed by atoms with van der Waals surface area (Å²) in [4.78, 5) is 12.1. The summed E-state index contributed by atoms with van der Waals surface area (Å²) in [6.45, 7) is 0.662. The fraction of sp³-hybridized carbons (Fsp3) is 0.278. The Balaban J connectivity index is 1.73. The number of rotatable bonds is 6. The van der Waals surface area contributed by atoms with E-state index in [2.05, 4.69) is 5.32 Å². The Morgan fingerprint density at radius 3 is 2.48 bits per heavy atom. The zero-order valence-electron chi connectivity index (χ0n) is 15.0. The van der Waals surface area contributed by atoms with E-state index in [0.29, 0.717) is 28.9 Å². The van der Waals surface area contributed by atoms with Crippen molar-refractivity contribution in [3.8, 4) is 5.75 Å². The Bertz CT molecular complexity index is 1010. The summed E-state index contributed by atoms with van der Waals surface area (Å²) >= 11 is 17.8. The monoisotopic (exact) mass is 478 g/mol. The van der Waals surface area contributed by atoms with Crippen LogP contribution in [-0.4, -0.2) is 51.5 Å². The zero-order chi connectivity index (χ0) is 21.0. The molecule has 1 aliphatic rings. The quantitative estimate of drug-likeness (QED) is 0.683. The number of carbonyl (C=O) groups is 1. The van der Waals surface area contributed by atoms with Crippen LogP contribution in [0.25, 0.3) is 0 Å². The summed E-state index contributed by atoms with van der Waals surface area (Å²) in [5, 5.41) is 3.50. The molecule has 3 rings (SSSR count). The second-order valence-corrected chi connectivity index (χ2v) is 9.23. The van der Waals surface area contributed by atoms with E-state index in [1.165, 1.54) is 28.6 Å². The smallest absolute Gasteiger partial charge is 0.262 e. The van der Waals surface area contributed by atoms with Crippen LogP contribution in [0.2, 0.25) is 15.1 Å². The molecule has 2 aromatic carbocycles. The maximum atomic E-state index is 13.0. The van der Waals surface area contributed by atoms with E-state index in [4.69, 9.17) is 44.3 Å². The van der Waals surface area contributed by atoms with Crippen molar-refractivity contribution in [2.24, 2.45) is 0 Å². The highest BCUT2D eigenvalue weighted by atomic mass is 35.5. The molecule has 1 N–H and O–H groups in total. The fourth-order valence-corrected chi connectivity index (χ4v) is 4.74. The lowest BCUT2D eigenvalue weighted by atomic mass is 10.3. The van der Waals surface area contributed by atoms with Gasteiger partial charge in [0.2, 0.25) is 10.0 Å². The topological polar surface area (TPSA) is 84.9 Å². The first-order chi connectivity index (χ1) is 13.8. The van der Waals surface area contributed by atoms with Crippen molar-refractivity contribution in [3.63, 3.8) is 0 Å². The lowest BCUT2D eigenvalue weighted by molar-refractivity contribution is -0.118. The number of morpholine rings is 1. The molecule has 0 aliphatic carbocycles. The number of sulfonamides is 1. The van der Waals surface area contributed by atoms with Gasteiger partial charge in [0.1, 0.15) is 10.6 Å². The van der Waals surface area contributed by atoms with Crippen molar-refractivity contribution in [2.45, 2.75) is 4.90 Å². The number of nitrogens with zero attached hydrogens (tertiary/aromatic N) is 1. The molecule has 0 saturated carbocycles. The van der Waals surface area contributed by atoms with Crippen LogP contribution in [0.15, 0.2) is 41.3 Å². The summed E-state index contributed by atoms with van der Waals surface area (Å²) in [5.74, 6) is -0.460. The molecule has 1 aliphatic heterocycles. The lowest BCUT2D eigenvalue weighted by Gasteiger charge is -2.26. The minimum atomic E-state index is -3.85. The molecule has 11 heteroatoms. The predicted octanol–water partition coefficient (Wildman–Crippen LogP) is 3.69. The van der Waals surface area contributed by atoms with Crippen molar-refractivity contribution in [1.29, 1.82) is 0 Å². The Morgan fingerprint density at radius 1 is 1.07 bits per heavy atom. The number of carbonyl (C=O) groups excluding carboxylic acids is 1. The Labute approximate surface area is 183 Å². The summed E-state index contributed by atoms with van der Waals surface area (Å²) in [5.41, 5.74) is 0.435. The van der Waals surface area contributed by atoms with E-state index in [1.807, 2.05) is 0 Å². The number of nitrogens with one attached hydrogen (secondary N) is 1. The third kappa shape index (κ3) is 5.53. The van der Waals surface area contributed by atoms with Gasteiger partial charge in [0.25, 0.3) is 5.91 Å². The molecule has 156 valence electrons. The van der Waals surface area contributed by atoms with Crippen LogP contribution in [0.1, 0.15) is 0 Å². The highest BCUT2D eigenvalue weighted by Gasteiger charge is 2.29. The van der Waals surface area contributed by atoms with Crippen LogP contribution < -0.4 is 10.1 Å². The van der Waals surface area contributed by atoms with E-state index in [9.17, 15) is 13.2 Å². The second-order valence-electron chi connectivity index (χ2n) is 6.07. The van der Waals surface area contributed by atoms with Crippen LogP contribution in [0, 0.1) is 0 Å². The first-order valence-corrected chi connectivity index (χ1v) is 11.1. The van der Waals surface area contributed by atoms with E-state index in [1.54, 1.807) is 12.1 Å². The van der Waals surface area contributed by atoms with E-state index in [0.717, 1.165) is 0 Å². The van der Waals surface area contributed by atoms with Crippen molar-refractivity contribution in [1.82, 2.24) is 4.31 Å². The molecule has 29 heavy (non-hydrogen) atoms. The zero-order valence-corrected chi connectivity index (χ0v) is 18.1. The molecule has 1 saturated heterocycles. The number of hydrogen-bond acceptors (Lipinski definition) is 5. The average Bonchev–Trinajstić information content (AvgIpc) is 2.70. The van der Waals surface area contributed by atoms with Crippen molar-refractivity contribution in [2.75, 3.05) is 38.2 Å². The van der Waals surface area contributed by atoms with Crippen molar-refractivity contribution >= 4 is 56.4 Å². The van der Waals surface area contributed by atoms with Crippen LogP contribution in [0.4, 0.5) is 5.69 Å². The number of amides is 1. The van der Waals surface area contributed by atoms with E-state index >= 15 is 0 Å². The SMILES string of the molecule is O=C(COc1ccc(Cl)cc1S(=O)(=O)N1CCOCC1)Nc1ccc(Cl)c(Cl)c1. The maximum absolute atomic E-state index is 13.0. The largest absolute Gasteiger partial charge is 0.482 e. The third-order valence-electron chi connectivity index (χ3n) is 4.06. The van der Waals surface area contributed by atoms with Crippen LogP contribution >= 0.6 is 34.8 Å². The molecule has 0 bridgehead atoms. The highest BCUT2D eigenvalue weighted by molar-refractivity contribution is 7.89. The van der Waals surface area contributed by atoms with Gasteiger partial charge in [-0.3, -0.25) is 4.79 Å². The van der Waals surface area contributed by atoms with Gasteiger partial charge in [-0.05, 0) is 36.4 Å². The van der Waals surface area contributed by atoms with Gasteiger partial charge >= 0.3 is 0 Å². The third-order valence-corrected chi connectivity index (χ3v) is 6.95. The Kier molecular flexibility index (Phi) is 7.26. The van der Waals surface area contributed by atoms with Gasteiger partial charge in [0.05, 0.1) is 23.3 Å². The van der Waals surface area contributed by atoms with Crippen molar-refractivity contribution < 1.29 is 22.7 Å². The van der Waals surface area contributed by atoms with Crippen LogP contribution in [0.3, 0.4) is 0 Å². The molecule has 0 unspecified atom stereocenters. The normalized spacial score (nSPS) is 15.1. The Hall–Kier alpha value is -1.55. The standard InChI is InChI=1S/C18H17Cl3N2O5S/c19-12-1-4-16(17(9-12)29(25,26)23-5-7-27-8-6-23)28-11-18(24)22-13-2-3-14(20)15(21)10-13/h1-4,9-10H,5-8,11H2,(H,22,24). The van der Waals surface area contributed by atoms with E-state index < -0.39 is 22.5 Å². The summed E-state index contributed by atoms with van der Waals surface area (Å²) in [6.07, 6.45) is 0. The molecule has 1 fully saturated rings. The molecular formula is C18H17Cl3N2O5S. The molecule has 0 aromatic heterocycles. The van der Waals surface area contributed by atoms with Crippen LogP contribution in [-0.2, 0) is 19.6 Å². The summed E-state index contributed by atoms with van der Waals surface area (Å²) < 4.78 is 37.9. The molecule has 0 radical (unpaired) electrons. The van der Waals surface area contributed by atoms with Gasteiger partial charge in [0, 0.05) is 23.8 Å². The number of ether oxygens (including phenoxy) is 2. The maximum Gasteiger partial charge on any atom is 0.262 e. The van der Waals surface area contributed by atoms with Gasteiger partial charge < -0.3 is 14.8 Å².